The van der Waals surface area contributed by atoms with E-state index in [4.69, 9.17) is 0 Å². The van der Waals surface area contributed by atoms with Crippen molar-refractivity contribution in [3.8, 4) is 11.4 Å². The molecule has 1 fully saturated rings. The molecule has 0 bridgehead atoms. The average Bonchev–Trinajstić information content (AvgIpc) is 2.88. The van der Waals surface area contributed by atoms with Crippen molar-refractivity contribution in [1.29, 1.82) is 0 Å². The second-order valence-electron chi connectivity index (χ2n) is 10.5. The van der Waals surface area contributed by atoms with Crippen LogP contribution >= 0.6 is 0 Å². The molecule has 190 valence electrons. The molecule has 0 spiro atoms. The van der Waals surface area contributed by atoms with Gasteiger partial charge in [0.15, 0.2) is 5.78 Å². The van der Waals surface area contributed by atoms with Crippen LogP contribution in [0.4, 0.5) is 11.6 Å². The summed E-state index contributed by atoms with van der Waals surface area (Å²) in [6.45, 7) is 10.0. The van der Waals surface area contributed by atoms with Crippen LogP contribution in [0, 0.1) is 0 Å². The summed E-state index contributed by atoms with van der Waals surface area (Å²) in [5.41, 5.74) is 2.63. The van der Waals surface area contributed by atoms with Crippen LogP contribution in [0.5, 0.6) is 0 Å². The molecule has 0 unspecified atom stereocenters. The van der Waals surface area contributed by atoms with Gasteiger partial charge in [-0.1, -0.05) is 0 Å². The van der Waals surface area contributed by atoms with Crippen molar-refractivity contribution in [2.45, 2.75) is 32.7 Å². The number of nitrogens with zero attached hydrogens (tertiary/aromatic N) is 7. The summed E-state index contributed by atoms with van der Waals surface area (Å²) >= 11 is 0. The quantitative estimate of drug-likeness (QED) is 0.399. The molecule has 4 aromatic heterocycles. The number of pyridine rings is 3. The summed E-state index contributed by atoms with van der Waals surface area (Å²) in [7, 11) is 2.12. The topological polar surface area (TPSA) is 100 Å². The Labute approximate surface area is 217 Å². The number of hydrogen-bond donors (Lipinski definition) is 1. The Morgan fingerprint density at radius 3 is 2.49 bits per heavy atom. The van der Waals surface area contributed by atoms with E-state index in [1.165, 1.54) is 0 Å². The molecule has 0 amide bonds. The molecular weight excluding hydrogens is 464 g/mol. The van der Waals surface area contributed by atoms with Crippen molar-refractivity contribution in [3.63, 3.8) is 0 Å². The van der Waals surface area contributed by atoms with Crippen LogP contribution in [0.3, 0.4) is 0 Å². The van der Waals surface area contributed by atoms with Crippen molar-refractivity contribution in [2.24, 2.45) is 0 Å². The fraction of sp³-hybridized carbons (Fsp3) is 0.357. The monoisotopic (exact) mass is 496 g/mol. The summed E-state index contributed by atoms with van der Waals surface area (Å²) in [5.74, 6) is 1.57. The molecule has 1 N–H and O–H groups in total. The van der Waals surface area contributed by atoms with Crippen LogP contribution in [0.2, 0.25) is 0 Å². The van der Waals surface area contributed by atoms with Gasteiger partial charge in [-0.05, 0) is 57.5 Å². The number of piperazine rings is 1. The van der Waals surface area contributed by atoms with Gasteiger partial charge >= 0.3 is 0 Å². The fourth-order valence-corrected chi connectivity index (χ4v) is 4.32. The van der Waals surface area contributed by atoms with Gasteiger partial charge in [0.05, 0.1) is 24.5 Å². The molecule has 1 aliphatic heterocycles. The third-order valence-electron chi connectivity index (χ3n) is 6.30. The van der Waals surface area contributed by atoms with Crippen molar-refractivity contribution in [2.75, 3.05) is 43.4 Å². The molecule has 9 nitrogen and oxygen atoms in total. The third kappa shape index (κ3) is 6.06. The molecule has 1 aliphatic rings. The van der Waals surface area contributed by atoms with Gasteiger partial charge in [-0.15, -0.1) is 0 Å². The Bertz CT molecular complexity index is 1420. The molecule has 5 rings (SSSR count). The Morgan fingerprint density at radius 2 is 1.70 bits per heavy atom. The first-order valence-corrected chi connectivity index (χ1v) is 12.5. The lowest BCUT2D eigenvalue weighted by atomic mass is 10.1. The van der Waals surface area contributed by atoms with Crippen LogP contribution < -0.4 is 10.2 Å². The summed E-state index contributed by atoms with van der Waals surface area (Å²) in [6, 6.07) is 7.59. The van der Waals surface area contributed by atoms with Crippen molar-refractivity contribution < 1.29 is 4.79 Å². The number of rotatable bonds is 6. The van der Waals surface area contributed by atoms with Crippen LogP contribution in [-0.2, 0) is 6.42 Å². The number of nitrogens with one attached hydrogen (secondary N) is 1. The van der Waals surface area contributed by atoms with Crippen molar-refractivity contribution >= 4 is 28.2 Å². The van der Waals surface area contributed by atoms with E-state index >= 15 is 0 Å². The maximum Gasteiger partial charge on any atom is 0.169 e. The third-order valence-corrected chi connectivity index (χ3v) is 6.30. The summed E-state index contributed by atoms with van der Waals surface area (Å²) in [6.07, 6.45) is 8.88. The minimum Gasteiger partial charge on any atom is -0.364 e. The van der Waals surface area contributed by atoms with Gasteiger partial charge in [0.1, 0.15) is 17.3 Å². The van der Waals surface area contributed by atoms with Crippen LogP contribution in [0.1, 0.15) is 36.8 Å². The first-order valence-electron chi connectivity index (χ1n) is 12.5. The SMILES string of the molecule is CN1CCN(c2cc(C(=O)Cc3cc4cc(-c5cncc(NC(C)(C)C)n5)ncc4cn3)ccn2)CC1. The van der Waals surface area contributed by atoms with Crippen LogP contribution in [0.15, 0.2) is 55.2 Å². The van der Waals surface area contributed by atoms with Crippen LogP contribution in [-0.4, -0.2) is 74.4 Å². The van der Waals surface area contributed by atoms with Gasteiger partial charge in [0, 0.05) is 67.0 Å². The summed E-state index contributed by atoms with van der Waals surface area (Å²) in [4.78, 5) is 40.3. The predicted octanol–water partition coefficient (Wildman–Crippen LogP) is 3.87. The molecule has 0 saturated carbocycles. The van der Waals surface area contributed by atoms with Crippen molar-refractivity contribution in [3.05, 3.63) is 66.5 Å². The van der Waals surface area contributed by atoms with E-state index in [0.29, 0.717) is 28.5 Å². The van der Waals surface area contributed by atoms with E-state index in [1.54, 1.807) is 37.1 Å². The molecule has 1 saturated heterocycles. The van der Waals surface area contributed by atoms with Gasteiger partial charge < -0.3 is 15.1 Å². The van der Waals surface area contributed by atoms with Gasteiger partial charge in [0.2, 0.25) is 0 Å². The fourth-order valence-electron chi connectivity index (χ4n) is 4.32. The Balaban J connectivity index is 1.35. The van der Waals surface area contributed by atoms with E-state index in [9.17, 15) is 4.79 Å². The number of carbonyl (C=O) groups excluding carboxylic acids is 1. The minimum atomic E-state index is -0.128. The number of hydrogen-bond acceptors (Lipinski definition) is 9. The lowest BCUT2D eigenvalue weighted by Gasteiger charge is -2.33. The van der Waals surface area contributed by atoms with Crippen molar-refractivity contribution in [1.82, 2.24) is 29.8 Å². The largest absolute Gasteiger partial charge is 0.364 e. The molecule has 4 aromatic rings. The number of likely N-dealkylation sites (N-methyl/N-ethyl adjacent to an activating group) is 1. The number of Topliss-reactive ketones (excluding diaryl/α,β-unsaturated/α-hetero) is 1. The van der Waals surface area contributed by atoms with E-state index < -0.39 is 0 Å². The summed E-state index contributed by atoms with van der Waals surface area (Å²) in [5, 5.41) is 5.19. The molecule has 0 atom stereocenters. The average molecular weight is 497 g/mol. The molecular formula is C28H32N8O. The maximum absolute atomic E-state index is 13.1. The minimum absolute atomic E-state index is 0.0192. The highest BCUT2D eigenvalue weighted by Gasteiger charge is 2.17. The number of anilines is 2. The highest BCUT2D eigenvalue weighted by molar-refractivity contribution is 5.98. The summed E-state index contributed by atoms with van der Waals surface area (Å²) < 4.78 is 0. The van der Waals surface area contributed by atoms with Gasteiger partial charge in [-0.2, -0.15) is 0 Å². The highest BCUT2D eigenvalue weighted by atomic mass is 16.1. The standard InChI is InChI=1S/C28H32N8O/c1-28(2,3)34-26-18-29-17-24(33-26)23-12-20-11-22(31-15-21(20)16-32-23)14-25(37)19-5-6-30-27(13-19)36-9-7-35(4)8-10-36/h5-6,11-13,15-18H,7-10,14H2,1-4H3,(H,33,34). The number of aromatic nitrogens is 5. The molecule has 37 heavy (non-hydrogen) atoms. The van der Waals surface area contributed by atoms with Gasteiger partial charge in [0.25, 0.3) is 0 Å². The molecule has 5 heterocycles. The Hall–Kier alpha value is -3.98. The highest BCUT2D eigenvalue weighted by Crippen LogP contribution is 2.23. The van der Waals surface area contributed by atoms with E-state index in [2.05, 4.69) is 67.9 Å². The van der Waals surface area contributed by atoms with Gasteiger partial charge in [-0.25, -0.2) is 9.97 Å². The number of ketones is 1. The van der Waals surface area contributed by atoms with E-state index in [0.717, 1.165) is 42.8 Å². The molecule has 0 aromatic carbocycles. The zero-order valence-electron chi connectivity index (χ0n) is 21.8. The first kappa shape index (κ1) is 24.7. The Kier molecular flexibility index (Phi) is 6.80. The normalized spacial score (nSPS) is 14.6. The second-order valence-corrected chi connectivity index (χ2v) is 10.5. The zero-order valence-corrected chi connectivity index (χ0v) is 21.8. The van der Waals surface area contributed by atoms with Crippen LogP contribution in [0.25, 0.3) is 22.2 Å². The lowest BCUT2D eigenvalue weighted by molar-refractivity contribution is 0.0992. The molecule has 0 radical (unpaired) electrons. The second kappa shape index (κ2) is 10.2. The zero-order chi connectivity index (χ0) is 26.0. The Morgan fingerprint density at radius 1 is 0.919 bits per heavy atom. The maximum atomic E-state index is 13.1. The predicted molar refractivity (Wildman–Crippen MR) is 146 cm³/mol. The van der Waals surface area contributed by atoms with E-state index in [-0.39, 0.29) is 17.7 Å². The van der Waals surface area contributed by atoms with Gasteiger partial charge in [-0.3, -0.25) is 19.7 Å². The first-order chi connectivity index (χ1) is 17.7. The number of fused-ring (bicyclic) bond motifs is 1. The lowest BCUT2D eigenvalue weighted by Crippen LogP contribution is -2.44. The number of carbonyl (C=O) groups is 1. The van der Waals surface area contributed by atoms with E-state index in [1.807, 2.05) is 18.2 Å². The molecule has 0 aliphatic carbocycles. The molecule has 9 heteroatoms. The smallest absolute Gasteiger partial charge is 0.169 e.